The van der Waals surface area contributed by atoms with E-state index in [4.69, 9.17) is 4.98 Å². The topological polar surface area (TPSA) is 95.6 Å². The third kappa shape index (κ3) is 4.79. The molecule has 0 spiro atoms. The van der Waals surface area contributed by atoms with Crippen molar-refractivity contribution in [2.24, 2.45) is 0 Å². The highest BCUT2D eigenvalue weighted by molar-refractivity contribution is 6.25. The van der Waals surface area contributed by atoms with Gasteiger partial charge in [0.1, 0.15) is 11.6 Å². The number of aliphatic hydroxyl groups excluding tert-OH is 1. The van der Waals surface area contributed by atoms with Crippen LogP contribution >= 0.6 is 0 Å². The molecule has 226 valence electrons. The molecular weight excluding hydrogens is 584 g/mol. The zero-order valence-electron chi connectivity index (χ0n) is 25.1. The second kappa shape index (κ2) is 11.3. The quantitative estimate of drug-likeness (QED) is 0.163. The minimum absolute atomic E-state index is 0.0116. The summed E-state index contributed by atoms with van der Waals surface area (Å²) < 4.78 is 2.12. The molecule has 0 aliphatic carbocycles. The fourth-order valence-corrected chi connectivity index (χ4v) is 6.45. The normalized spacial score (nSPS) is 11.4. The molecule has 7 aromatic carbocycles. The van der Waals surface area contributed by atoms with Gasteiger partial charge in [0.05, 0.1) is 28.8 Å². The van der Waals surface area contributed by atoms with E-state index in [2.05, 4.69) is 41.0 Å². The molecule has 3 N–H and O–H groups in total. The largest absolute Gasteiger partial charge is 0.507 e. The van der Waals surface area contributed by atoms with E-state index < -0.39 is 5.97 Å². The number of hydrogen-bond acceptors (Lipinski definition) is 4. The Hall–Kier alpha value is -6.24. The molecule has 0 saturated heterocycles. The van der Waals surface area contributed by atoms with Gasteiger partial charge in [0.15, 0.2) is 0 Å². The van der Waals surface area contributed by atoms with Crippen LogP contribution in [0.5, 0.6) is 5.75 Å². The van der Waals surface area contributed by atoms with Crippen LogP contribution in [-0.4, -0.2) is 30.8 Å². The van der Waals surface area contributed by atoms with Gasteiger partial charge in [-0.1, -0.05) is 91.0 Å². The van der Waals surface area contributed by atoms with Gasteiger partial charge in [-0.2, -0.15) is 0 Å². The Bertz CT molecular complexity index is 2460. The fraction of sp³-hybridized carbons (Fsp3) is 0.0244. The van der Waals surface area contributed by atoms with E-state index >= 15 is 0 Å². The lowest BCUT2D eigenvalue weighted by atomic mass is 9.93. The van der Waals surface area contributed by atoms with Gasteiger partial charge in [-0.25, -0.2) is 9.78 Å². The summed E-state index contributed by atoms with van der Waals surface area (Å²) in [6.07, 6.45) is 0. The second-order valence-corrected chi connectivity index (χ2v) is 11.6. The summed E-state index contributed by atoms with van der Waals surface area (Å²) in [6, 6.07) is 44.8. The number of aromatic nitrogens is 2. The highest BCUT2D eigenvalue weighted by atomic mass is 16.4. The summed E-state index contributed by atoms with van der Waals surface area (Å²) in [5.41, 5.74) is 8.20. The lowest BCUT2D eigenvalue weighted by molar-refractivity contribution is 0.0697. The van der Waals surface area contributed by atoms with E-state index in [1.165, 1.54) is 0 Å². The van der Waals surface area contributed by atoms with Crippen LogP contribution in [0, 0.1) is 0 Å². The molecule has 0 atom stereocenters. The van der Waals surface area contributed by atoms with E-state index in [1.807, 2.05) is 78.9 Å². The molecule has 0 fully saturated rings. The molecule has 0 bridgehead atoms. The van der Waals surface area contributed by atoms with Crippen molar-refractivity contribution in [2.45, 2.75) is 6.61 Å². The number of aromatic hydroxyl groups is 1. The number of para-hydroxylation sites is 2. The second-order valence-electron chi connectivity index (χ2n) is 11.6. The Balaban J connectivity index is 1.49. The smallest absolute Gasteiger partial charge is 0.335 e. The predicted molar refractivity (Wildman–Crippen MR) is 187 cm³/mol. The Morgan fingerprint density at radius 3 is 1.83 bits per heavy atom. The van der Waals surface area contributed by atoms with Gasteiger partial charge in [0, 0.05) is 16.5 Å². The SMILES string of the molecule is O=C(O)c1ccc(-c2ccc3c4ccc(-c5ccc(CO)cc5)cc4c4nc(-c5ccccc5O)n(-c5ccccc5)c4c3c2)cc1. The molecule has 0 unspecified atom stereocenters. The van der Waals surface area contributed by atoms with Gasteiger partial charge in [0.2, 0.25) is 0 Å². The number of hydrogen-bond donors (Lipinski definition) is 3. The summed E-state index contributed by atoms with van der Waals surface area (Å²) in [5.74, 6) is -0.208. The molecule has 1 aromatic heterocycles. The Kier molecular flexibility index (Phi) is 6.78. The van der Waals surface area contributed by atoms with Crippen LogP contribution in [0.25, 0.3) is 71.9 Å². The van der Waals surface area contributed by atoms with Crippen molar-refractivity contribution in [1.82, 2.24) is 9.55 Å². The minimum Gasteiger partial charge on any atom is -0.507 e. The number of aliphatic hydroxyl groups is 1. The summed E-state index contributed by atoms with van der Waals surface area (Å²) in [6.45, 7) is -0.0116. The van der Waals surface area contributed by atoms with Crippen LogP contribution in [-0.2, 0) is 6.61 Å². The molecule has 0 saturated carbocycles. The molecule has 6 heteroatoms. The lowest BCUT2D eigenvalue weighted by Crippen LogP contribution is -1.98. The van der Waals surface area contributed by atoms with Gasteiger partial charge < -0.3 is 15.3 Å². The molecule has 6 nitrogen and oxygen atoms in total. The maximum Gasteiger partial charge on any atom is 0.335 e. The molecule has 0 aliphatic rings. The highest BCUT2D eigenvalue weighted by Gasteiger charge is 2.22. The first-order valence-corrected chi connectivity index (χ1v) is 15.3. The molecule has 1 heterocycles. The molecule has 8 rings (SSSR count). The van der Waals surface area contributed by atoms with Crippen LogP contribution in [0.4, 0.5) is 0 Å². The number of nitrogens with zero attached hydrogens (tertiary/aromatic N) is 2. The van der Waals surface area contributed by atoms with Gasteiger partial charge in [-0.15, -0.1) is 0 Å². The Morgan fingerprint density at radius 1 is 0.617 bits per heavy atom. The maximum atomic E-state index is 11.5. The number of rotatable bonds is 6. The average Bonchev–Trinajstić information content (AvgIpc) is 3.53. The molecule has 0 aliphatic heterocycles. The van der Waals surface area contributed by atoms with Crippen molar-refractivity contribution in [3.8, 4) is 45.1 Å². The number of carbonyl (C=O) groups is 1. The van der Waals surface area contributed by atoms with Crippen LogP contribution in [0.1, 0.15) is 15.9 Å². The summed E-state index contributed by atoms with van der Waals surface area (Å²) >= 11 is 0. The molecule has 47 heavy (non-hydrogen) atoms. The van der Waals surface area contributed by atoms with Crippen LogP contribution in [0.2, 0.25) is 0 Å². The van der Waals surface area contributed by atoms with Crippen molar-refractivity contribution >= 4 is 38.5 Å². The van der Waals surface area contributed by atoms with Gasteiger partial charge >= 0.3 is 5.97 Å². The number of fused-ring (bicyclic) bond motifs is 6. The van der Waals surface area contributed by atoms with Crippen molar-refractivity contribution in [2.75, 3.05) is 0 Å². The maximum absolute atomic E-state index is 11.5. The first-order valence-electron chi connectivity index (χ1n) is 15.3. The van der Waals surface area contributed by atoms with E-state index in [1.54, 1.807) is 24.3 Å². The zero-order chi connectivity index (χ0) is 32.1. The third-order valence-corrected chi connectivity index (χ3v) is 8.81. The van der Waals surface area contributed by atoms with Crippen LogP contribution in [0.3, 0.4) is 0 Å². The standard InChI is InChI=1S/C41H28N2O4/c44-24-25-10-12-26(13-11-25)29-18-20-32-33-21-19-30(27-14-16-28(17-15-27)41(46)47)23-36(33)39-38(35(32)22-29)42-40(34-8-4-5-9-37(34)45)43(39)31-6-2-1-3-7-31/h1-23,44-45H,24H2,(H,46,47). The van der Waals surface area contributed by atoms with Crippen molar-refractivity contribution < 1.29 is 20.1 Å². The fourth-order valence-electron chi connectivity index (χ4n) is 6.45. The minimum atomic E-state index is -0.963. The van der Waals surface area contributed by atoms with Gasteiger partial charge in [0.25, 0.3) is 0 Å². The van der Waals surface area contributed by atoms with Crippen molar-refractivity contribution in [1.29, 1.82) is 0 Å². The number of imidazole rings is 1. The number of phenolic OH excluding ortho intramolecular Hbond substituents is 1. The number of benzene rings is 7. The van der Waals surface area contributed by atoms with Crippen molar-refractivity contribution in [3.05, 3.63) is 151 Å². The average molecular weight is 613 g/mol. The molecule has 0 radical (unpaired) electrons. The van der Waals surface area contributed by atoms with E-state index in [-0.39, 0.29) is 17.9 Å². The van der Waals surface area contributed by atoms with E-state index in [9.17, 15) is 20.1 Å². The van der Waals surface area contributed by atoms with Crippen LogP contribution < -0.4 is 0 Å². The van der Waals surface area contributed by atoms with Gasteiger partial charge in [-0.3, -0.25) is 4.57 Å². The first kappa shape index (κ1) is 28.2. The monoisotopic (exact) mass is 612 g/mol. The van der Waals surface area contributed by atoms with Crippen molar-refractivity contribution in [3.63, 3.8) is 0 Å². The summed E-state index contributed by atoms with van der Waals surface area (Å²) in [7, 11) is 0. The lowest BCUT2D eigenvalue weighted by Gasteiger charge is -2.14. The zero-order valence-corrected chi connectivity index (χ0v) is 25.1. The number of carboxylic acid groups (broad SMARTS) is 1. The first-order chi connectivity index (χ1) is 23.0. The third-order valence-electron chi connectivity index (χ3n) is 8.81. The van der Waals surface area contributed by atoms with Gasteiger partial charge in [-0.05, 0) is 87.1 Å². The predicted octanol–water partition coefficient (Wildman–Crippen LogP) is 9.23. The summed E-state index contributed by atoms with van der Waals surface area (Å²) in [5, 5.41) is 34.1. The number of aromatic carboxylic acids is 1. The molecular formula is C41H28N2O4. The van der Waals surface area contributed by atoms with E-state index in [0.29, 0.717) is 11.4 Å². The highest BCUT2D eigenvalue weighted by Crippen LogP contribution is 2.43. The number of carboxylic acids is 1. The van der Waals surface area contributed by atoms with Crippen LogP contribution in [0.15, 0.2) is 140 Å². The van der Waals surface area contributed by atoms with E-state index in [0.717, 1.165) is 66.1 Å². The Morgan fingerprint density at radius 2 is 1.19 bits per heavy atom. The molecule has 8 aromatic rings. The molecule has 0 amide bonds. The summed E-state index contributed by atoms with van der Waals surface area (Å²) in [4.78, 5) is 16.8. The Labute approximate surface area is 270 Å². The number of phenols is 1.